The zero-order valence-corrected chi connectivity index (χ0v) is 11.8. The molecule has 0 fully saturated rings. The van der Waals surface area contributed by atoms with Crippen molar-refractivity contribution in [3.8, 4) is 0 Å². The van der Waals surface area contributed by atoms with Crippen LogP contribution in [-0.4, -0.2) is 22.8 Å². The first-order valence-electron chi connectivity index (χ1n) is 5.90. The number of halogens is 3. The van der Waals surface area contributed by atoms with E-state index in [-0.39, 0.29) is 22.8 Å². The van der Waals surface area contributed by atoms with E-state index in [4.69, 9.17) is 5.73 Å². The van der Waals surface area contributed by atoms with E-state index in [0.717, 1.165) is 22.3 Å². The third-order valence-corrected chi connectivity index (χ3v) is 3.53. The van der Waals surface area contributed by atoms with Gasteiger partial charge in [-0.1, -0.05) is 18.2 Å². The molecule has 112 valence electrons. The molecule has 4 nitrogen and oxygen atoms in total. The van der Waals surface area contributed by atoms with Crippen LogP contribution in [0.15, 0.2) is 29.8 Å². The minimum Gasteiger partial charge on any atom is -0.389 e. The summed E-state index contributed by atoms with van der Waals surface area (Å²) in [5.41, 5.74) is 6.35. The van der Waals surface area contributed by atoms with Crippen LogP contribution in [0.5, 0.6) is 0 Å². The van der Waals surface area contributed by atoms with E-state index < -0.39 is 17.6 Å². The first kappa shape index (κ1) is 15.3. The van der Waals surface area contributed by atoms with Gasteiger partial charge in [0, 0.05) is 13.6 Å². The van der Waals surface area contributed by atoms with Gasteiger partial charge in [-0.3, -0.25) is 4.79 Å². The number of rotatable bonds is 3. The Kier molecular flexibility index (Phi) is 4.17. The molecule has 1 heterocycles. The number of alkyl halides is 3. The van der Waals surface area contributed by atoms with Gasteiger partial charge in [-0.05, 0) is 11.6 Å². The van der Waals surface area contributed by atoms with E-state index in [1.165, 1.54) is 30.8 Å². The van der Waals surface area contributed by atoms with Gasteiger partial charge in [-0.15, -0.1) is 11.3 Å². The number of hydrogen-bond acceptors (Lipinski definition) is 4. The Morgan fingerprint density at radius 1 is 1.38 bits per heavy atom. The van der Waals surface area contributed by atoms with Crippen molar-refractivity contribution in [2.45, 2.75) is 12.7 Å². The smallest absolute Gasteiger partial charge is 0.389 e. The Hall–Kier alpha value is -2.09. The summed E-state index contributed by atoms with van der Waals surface area (Å²) in [7, 11) is 1.41. The highest BCUT2D eigenvalue weighted by Gasteiger charge is 2.33. The molecule has 0 bridgehead atoms. The number of nitrogens with zero attached hydrogens (tertiary/aromatic N) is 2. The lowest BCUT2D eigenvalue weighted by Gasteiger charge is -2.19. The quantitative estimate of drug-likeness (QED) is 0.947. The maximum atomic E-state index is 12.9. The number of hydrogen-bond donors (Lipinski definition) is 1. The van der Waals surface area contributed by atoms with E-state index in [0.29, 0.717) is 0 Å². The van der Waals surface area contributed by atoms with Gasteiger partial charge in [-0.25, -0.2) is 4.98 Å². The maximum absolute atomic E-state index is 12.9. The molecule has 1 aromatic heterocycles. The fourth-order valence-corrected chi connectivity index (χ4v) is 2.38. The van der Waals surface area contributed by atoms with Gasteiger partial charge in [0.05, 0.1) is 11.1 Å². The summed E-state index contributed by atoms with van der Waals surface area (Å²) < 4.78 is 38.7. The second kappa shape index (κ2) is 5.72. The van der Waals surface area contributed by atoms with Crippen molar-refractivity contribution in [3.63, 3.8) is 0 Å². The van der Waals surface area contributed by atoms with Gasteiger partial charge in [0.1, 0.15) is 5.00 Å². The average Bonchev–Trinajstić information content (AvgIpc) is 2.83. The van der Waals surface area contributed by atoms with Crippen molar-refractivity contribution >= 4 is 22.2 Å². The molecule has 0 aliphatic rings. The van der Waals surface area contributed by atoms with E-state index in [1.54, 1.807) is 0 Å². The molecule has 8 heteroatoms. The summed E-state index contributed by atoms with van der Waals surface area (Å²) >= 11 is 1.10. The van der Waals surface area contributed by atoms with Crippen LogP contribution >= 0.6 is 11.3 Å². The topological polar surface area (TPSA) is 59.2 Å². The molecule has 0 aliphatic heterocycles. The first-order chi connectivity index (χ1) is 9.80. The highest BCUT2D eigenvalue weighted by molar-refractivity contribution is 7.14. The van der Waals surface area contributed by atoms with E-state index >= 15 is 0 Å². The van der Waals surface area contributed by atoms with Crippen LogP contribution in [0.1, 0.15) is 21.6 Å². The number of nitrogens with two attached hydrogens (primary N) is 1. The first-order valence-corrected chi connectivity index (χ1v) is 6.78. The number of thiazole rings is 1. The van der Waals surface area contributed by atoms with Gasteiger partial charge in [0.15, 0.2) is 5.69 Å². The molecule has 21 heavy (non-hydrogen) atoms. The van der Waals surface area contributed by atoms with E-state index in [2.05, 4.69) is 4.98 Å². The average molecular weight is 315 g/mol. The fourth-order valence-electron chi connectivity index (χ4n) is 1.86. The van der Waals surface area contributed by atoms with Crippen LogP contribution in [-0.2, 0) is 12.7 Å². The molecule has 2 rings (SSSR count). The van der Waals surface area contributed by atoms with Crippen LogP contribution in [0, 0.1) is 0 Å². The molecule has 0 saturated carbocycles. The molecule has 0 saturated heterocycles. The molecular formula is C13H12F3N3OS. The predicted octanol–water partition coefficient (Wildman–Crippen LogP) is 3.02. The molecule has 0 radical (unpaired) electrons. The van der Waals surface area contributed by atoms with Crippen LogP contribution < -0.4 is 5.73 Å². The number of amides is 1. The standard InChI is InChI=1S/C13H12F3N3OS/c1-19(12(20)10-11(17)21-7-18-10)6-8-4-2-3-5-9(8)13(14,15)16/h2-5,7H,6,17H2,1H3. The summed E-state index contributed by atoms with van der Waals surface area (Å²) in [5, 5.41) is 0.246. The number of nitrogen functional groups attached to an aromatic ring is 1. The molecule has 0 aliphatic carbocycles. The molecule has 1 aromatic carbocycles. The second-order valence-electron chi connectivity index (χ2n) is 4.38. The maximum Gasteiger partial charge on any atom is 0.416 e. The number of aromatic nitrogens is 1. The summed E-state index contributed by atoms with van der Waals surface area (Å²) in [4.78, 5) is 17.1. The Labute approximate surface area is 123 Å². The lowest BCUT2D eigenvalue weighted by Crippen LogP contribution is -2.28. The largest absolute Gasteiger partial charge is 0.416 e. The summed E-state index contributed by atoms with van der Waals surface area (Å²) in [6.07, 6.45) is -4.46. The summed E-state index contributed by atoms with van der Waals surface area (Å²) in [6.45, 7) is -0.175. The third-order valence-electron chi connectivity index (χ3n) is 2.87. The molecule has 2 aromatic rings. The van der Waals surface area contributed by atoms with Crippen molar-refractivity contribution < 1.29 is 18.0 Å². The van der Waals surface area contributed by atoms with Crippen LogP contribution in [0.25, 0.3) is 0 Å². The van der Waals surface area contributed by atoms with Gasteiger partial charge < -0.3 is 10.6 Å². The monoisotopic (exact) mass is 315 g/mol. The SMILES string of the molecule is CN(Cc1ccccc1C(F)(F)F)C(=O)c1ncsc1N. The lowest BCUT2D eigenvalue weighted by atomic mass is 10.1. The van der Waals surface area contributed by atoms with Crippen molar-refractivity contribution in [1.82, 2.24) is 9.88 Å². The zero-order valence-electron chi connectivity index (χ0n) is 11.0. The second-order valence-corrected chi connectivity index (χ2v) is 5.27. The van der Waals surface area contributed by atoms with Crippen molar-refractivity contribution in [3.05, 3.63) is 46.6 Å². The molecule has 0 atom stereocenters. The van der Waals surface area contributed by atoms with Gasteiger partial charge in [0.25, 0.3) is 5.91 Å². The highest BCUT2D eigenvalue weighted by atomic mass is 32.1. The number of carbonyl (C=O) groups excluding carboxylic acids is 1. The molecule has 0 spiro atoms. The van der Waals surface area contributed by atoms with Crippen molar-refractivity contribution in [2.75, 3.05) is 12.8 Å². The van der Waals surface area contributed by atoms with Crippen LogP contribution in [0.3, 0.4) is 0 Å². The minimum absolute atomic E-state index is 0.0228. The van der Waals surface area contributed by atoms with Gasteiger partial charge in [0.2, 0.25) is 0 Å². The third kappa shape index (κ3) is 3.33. The van der Waals surface area contributed by atoms with Crippen LogP contribution in [0.2, 0.25) is 0 Å². The van der Waals surface area contributed by atoms with Gasteiger partial charge in [-0.2, -0.15) is 13.2 Å². The van der Waals surface area contributed by atoms with Crippen molar-refractivity contribution in [2.24, 2.45) is 0 Å². The zero-order chi connectivity index (χ0) is 15.6. The summed E-state index contributed by atoms with van der Waals surface area (Å²) in [6, 6.07) is 5.15. The molecule has 1 amide bonds. The number of anilines is 1. The predicted molar refractivity (Wildman–Crippen MR) is 73.8 cm³/mol. The number of benzene rings is 1. The number of carbonyl (C=O) groups is 1. The lowest BCUT2D eigenvalue weighted by molar-refractivity contribution is -0.138. The minimum atomic E-state index is -4.46. The van der Waals surface area contributed by atoms with Crippen molar-refractivity contribution in [1.29, 1.82) is 0 Å². The molecule has 0 unspecified atom stereocenters. The Morgan fingerprint density at radius 2 is 2.05 bits per heavy atom. The molecule has 2 N–H and O–H groups in total. The van der Waals surface area contributed by atoms with Gasteiger partial charge >= 0.3 is 6.18 Å². The Bertz CT molecular complexity index is 654. The van der Waals surface area contributed by atoms with Crippen LogP contribution in [0.4, 0.5) is 18.2 Å². The van der Waals surface area contributed by atoms with E-state index in [1.807, 2.05) is 0 Å². The highest BCUT2D eigenvalue weighted by Crippen LogP contribution is 2.32. The normalized spacial score (nSPS) is 11.4. The Morgan fingerprint density at radius 3 is 2.62 bits per heavy atom. The molecular weight excluding hydrogens is 303 g/mol. The summed E-state index contributed by atoms with van der Waals surface area (Å²) in [5.74, 6) is -0.509. The van der Waals surface area contributed by atoms with E-state index in [9.17, 15) is 18.0 Å². The Balaban J connectivity index is 2.23. The fraction of sp³-hybridized carbons (Fsp3) is 0.231.